The summed E-state index contributed by atoms with van der Waals surface area (Å²) in [7, 11) is 0. The number of likely N-dealkylation sites (tertiary alicyclic amines) is 3. The van der Waals surface area contributed by atoms with E-state index in [1.807, 2.05) is 14.7 Å². The van der Waals surface area contributed by atoms with Gasteiger partial charge in [0.25, 0.3) is 0 Å². The summed E-state index contributed by atoms with van der Waals surface area (Å²) in [4.78, 5) is 44.0. The molecule has 0 N–H and O–H groups in total. The molecule has 6 nitrogen and oxygen atoms in total. The van der Waals surface area contributed by atoms with Crippen LogP contribution in [0.1, 0.15) is 59.3 Å². The molecule has 6 heteroatoms. The van der Waals surface area contributed by atoms with E-state index in [4.69, 9.17) is 0 Å². The summed E-state index contributed by atoms with van der Waals surface area (Å²) in [6, 6.07) is -0.0649. The average molecular weight is 364 g/mol. The van der Waals surface area contributed by atoms with E-state index in [0.29, 0.717) is 44.8 Å². The van der Waals surface area contributed by atoms with Gasteiger partial charge in [-0.1, -0.05) is 13.8 Å². The second kappa shape index (κ2) is 7.57. The van der Waals surface area contributed by atoms with E-state index in [-0.39, 0.29) is 23.8 Å². The first-order chi connectivity index (χ1) is 12.3. The highest BCUT2D eigenvalue weighted by molar-refractivity contribution is 5.86. The summed E-state index contributed by atoms with van der Waals surface area (Å²) in [5.41, 5.74) is -0.497. The molecular formula is C20H33N3O3. The molecule has 0 aromatic heterocycles. The minimum atomic E-state index is -0.497. The molecule has 3 saturated heterocycles. The highest BCUT2D eigenvalue weighted by atomic mass is 16.2. The monoisotopic (exact) mass is 363 g/mol. The average Bonchev–Trinajstić information content (AvgIpc) is 3.18. The molecule has 0 aliphatic carbocycles. The van der Waals surface area contributed by atoms with E-state index < -0.39 is 5.41 Å². The van der Waals surface area contributed by atoms with Crippen molar-refractivity contribution in [2.75, 3.05) is 32.7 Å². The SMILES string of the molecule is CC(=O)N1CC[C@]2(C(=O)N3CCCC3)CCN(C(=O)CC(C)C)CC[C@H]12. The molecule has 0 aromatic rings. The van der Waals surface area contributed by atoms with Crippen LogP contribution in [0.25, 0.3) is 0 Å². The Kier molecular flexibility index (Phi) is 5.58. The second-order valence-corrected chi connectivity index (χ2v) is 8.65. The van der Waals surface area contributed by atoms with E-state index in [0.717, 1.165) is 32.4 Å². The molecule has 3 heterocycles. The first-order valence-electron chi connectivity index (χ1n) is 10.2. The summed E-state index contributed by atoms with van der Waals surface area (Å²) in [5.74, 6) is 0.784. The molecule has 26 heavy (non-hydrogen) atoms. The Balaban J connectivity index is 1.83. The maximum absolute atomic E-state index is 13.5. The predicted octanol–water partition coefficient (Wildman–Crippen LogP) is 1.88. The largest absolute Gasteiger partial charge is 0.343 e. The molecule has 0 spiro atoms. The van der Waals surface area contributed by atoms with Crippen molar-refractivity contribution in [3.63, 3.8) is 0 Å². The fourth-order valence-corrected chi connectivity index (χ4v) is 5.09. The minimum absolute atomic E-state index is 0.0491. The Morgan fingerprint density at radius 1 is 0.962 bits per heavy atom. The molecule has 0 aromatic carbocycles. The Labute approximate surface area is 156 Å². The van der Waals surface area contributed by atoms with Gasteiger partial charge < -0.3 is 14.7 Å². The molecular weight excluding hydrogens is 330 g/mol. The van der Waals surface area contributed by atoms with E-state index in [1.54, 1.807) is 6.92 Å². The number of rotatable bonds is 3. The molecule has 0 saturated carbocycles. The molecule has 0 radical (unpaired) electrons. The predicted molar refractivity (Wildman–Crippen MR) is 99.3 cm³/mol. The molecule has 0 unspecified atom stereocenters. The van der Waals surface area contributed by atoms with Crippen molar-refractivity contribution in [1.82, 2.24) is 14.7 Å². The van der Waals surface area contributed by atoms with Crippen LogP contribution < -0.4 is 0 Å². The molecule has 2 atom stereocenters. The fraction of sp³-hybridized carbons (Fsp3) is 0.850. The van der Waals surface area contributed by atoms with Crippen LogP contribution in [0.3, 0.4) is 0 Å². The standard InChI is InChI=1S/C20H33N3O3/c1-15(2)14-18(25)21-11-6-17-20(7-12-21,8-13-23(17)16(3)24)19(26)22-9-4-5-10-22/h15,17H,4-14H2,1-3H3/t17-,20+/m0/s1. The van der Waals surface area contributed by atoms with Gasteiger partial charge in [-0.25, -0.2) is 0 Å². The number of carbonyl (C=O) groups is 3. The van der Waals surface area contributed by atoms with Gasteiger partial charge in [0.2, 0.25) is 17.7 Å². The lowest BCUT2D eigenvalue weighted by Crippen LogP contribution is -2.51. The highest BCUT2D eigenvalue weighted by Gasteiger charge is 2.55. The van der Waals surface area contributed by atoms with Gasteiger partial charge in [0.05, 0.1) is 5.41 Å². The Hall–Kier alpha value is -1.59. The number of amides is 3. The smallest absolute Gasteiger partial charge is 0.231 e. The molecule has 3 amide bonds. The third kappa shape index (κ3) is 3.47. The Morgan fingerprint density at radius 3 is 2.23 bits per heavy atom. The Morgan fingerprint density at radius 2 is 1.62 bits per heavy atom. The number of carbonyl (C=O) groups excluding carboxylic acids is 3. The van der Waals surface area contributed by atoms with Crippen molar-refractivity contribution in [3.05, 3.63) is 0 Å². The molecule has 3 fully saturated rings. The maximum Gasteiger partial charge on any atom is 0.231 e. The van der Waals surface area contributed by atoms with Gasteiger partial charge in [0.15, 0.2) is 0 Å². The van der Waals surface area contributed by atoms with Crippen LogP contribution in [0.5, 0.6) is 0 Å². The fourth-order valence-electron chi connectivity index (χ4n) is 5.09. The van der Waals surface area contributed by atoms with Crippen molar-refractivity contribution in [2.24, 2.45) is 11.3 Å². The highest BCUT2D eigenvalue weighted by Crippen LogP contribution is 2.45. The molecule has 0 bridgehead atoms. The van der Waals surface area contributed by atoms with Crippen LogP contribution in [0.4, 0.5) is 0 Å². The third-order valence-corrected chi connectivity index (χ3v) is 6.47. The molecule has 146 valence electrons. The number of nitrogens with zero attached hydrogens (tertiary/aromatic N) is 3. The quantitative estimate of drug-likeness (QED) is 0.769. The van der Waals surface area contributed by atoms with Crippen molar-refractivity contribution in [2.45, 2.75) is 65.3 Å². The number of fused-ring (bicyclic) bond motifs is 1. The lowest BCUT2D eigenvalue weighted by molar-refractivity contribution is -0.144. The van der Waals surface area contributed by atoms with Gasteiger partial charge in [0.1, 0.15) is 0 Å². The zero-order valence-electron chi connectivity index (χ0n) is 16.5. The lowest BCUT2D eigenvalue weighted by atomic mass is 9.75. The summed E-state index contributed by atoms with van der Waals surface area (Å²) in [5, 5.41) is 0. The van der Waals surface area contributed by atoms with Gasteiger partial charge in [-0.15, -0.1) is 0 Å². The van der Waals surface area contributed by atoms with E-state index in [2.05, 4.69) is 13.8 Å². The van der Waals surface area contributed by atoms with Gasteiger partial charge >= 0.3 is 0 Å². The van der Waals surface area contributed by atoms with E-state index in [1.165, 1.54) is 0 Å². The summed E-state index contributed by atoms with van der Waals surface area (Å²) in [6.45, 7) is 9.33. The maximum atomic E-state index is 13.5. The van der Waals surface area contributed by atoms with Gasteiger partial charge in [0, 0.05) is 52.1 Å². The van der Waals surface area contributed by atoms with Crippen molar-refractivity contribution >= 4 is 17.7 Å². The zero-order chi connectivity index (χ0) is 18.9. The van der Waals surface area contributed by atoms with Gasteiger partial charge in [-0.05, 0) is 38.0 Å². The summed E-state index contributed by atoms with van der Waals surface area (Å²) in [6.07, 6.45) is 4.82. The molecule has 3 rings (SSSR count). The van der Waals surface area contributed by atoms with Crippen molar-refractivity contribution in [3.8, 4) is 0 Å². The van der Waals surface area contributed by atoms with E-state index >= 15 is 0 Å². The van der Waals surface area contributed by atoms with Gasteiger partial charge in [-0.3, -0.25) is 14.4 Å². The summed E-state index contributed by atoms with van der Waals surface area (Å²) < 4.78 is 0. The number of hydrogen-bond acceptors (Lipinski definition) is 3. The third-order valence-electron chi connectivity index (χ3n) is 6.47. The van der Waals surface area contributed by atoms with Crippen LogP contribution >= 0.6 is 0 Å². The summed E-state index contributed by atoms with van der Waals surface area (Å²) >= 11 is 0. The topological polar surface area (TPSA) is 60.9 Å². The molecule has 3 aliphatic rings. The first kappa shape index (κ1) is 19.2. The molecule has 3 aliphatic heterocycles. The van der Waals surface area contributed by atoms with Gasteiger partial charge in [-0.2, -0.15) is 0 Å². The second-order valence-electron chi connectivity index (χ2n) is 8.65. The minimum Gasteiger partial charge on any atom is -0.343 e. The normalized spacial score (nSPS) is 29.1. The van der Waals surface area contributed by atoms with Crippen LogP contribution in [0.15, 0.2) is 0 Å². The van der Waals surface area contributed by atoms with Crippen LogP contribution in [-0.4, -0.2) is 71.2 Å². The lowest BCUT2D eigenvalue weighted by Gasteiger charge is -2.37. The Bertz CT molecular complexity index is 571. The van der Waals surface area contributed by atoms with Crippen LogP contribution in [0, 0.1) is 11.3 Å². The first-order valence-corrected chi connectivity index (χ1v) is 10.2. The zero-order valence-corrected chi connectivity index (χ0v) is 16.5. The van der Waals surface area contributed by atoms with Crippen LogP contribution in [-0.2, 0) is 14.4 Å². The van der Waals surface area contributed by atoms with Crippen molar-refractivity contribution in [1.29, 1.82) is 0 Å². The van der Waals surface area contributed by atoms with Crippen LogP contribution in [0.2, 0.25) is 0 Å². The van der Waals surface area contributed by atoms with E-state index in [9.17, 15) is 14.4 Å². The number of hydrogen-bond donors (Lipinski definition) is 0. The van der Waals surface area contributed by atoms with Crippen molar-refractivity contribution < 1.29 is 14.4 Å².